The molecule has 1 aliphatic rings. The second kappa shape index (κ2) is 4.67. The molecule has 3 N–H and O–H groups in total. The number of aromatic nitrogens is 2. The van der Waals surface area contributed by atoms with Crippen molar-refractivity contribution in [1.82, 2.24) is 15.3 Å². The lowest BCUT2D eigenvalue weighted by molar-refractivity contribution is -0.143. The van der Waals surface area contributed by atoms with E-state index in [1.165, 1.54) is 0 Å². The maximum Gasteiger partial charge on any atom is 0.345 e. The summed E-state index contributed by atoms with van der Waals surface area (Å²) in [5.41, 5.74) is 0.880. The van der Waals surface area contributed by atoms with Crippen LogP contribution in [0.4, 0.5) is 0 Å². The number of nitrogens with zero attached hydrogens (tertiary/aromatic N) is 1. The van der Waals surface area contributed by atoms with Crippen molar-refractivity contribution < 1.29 is 9.90 Å². The van der Waals surface area contributed by atoms with Gasteiger partial charge < -0.3 is 15.4 Å². The molecule has 0 aliphatic carbocycles. The number of carbonyl (C=O) groups is 1. The molecular weight excluding hydrogens is 222 g/mol. The van der Waals surface area contributed by atoms with E-state index < -0.39 is 17.6 Å². The average molecular weight is 237 g/mol. The van der Waals surface area contributed by atoms with Crippen LogP contribution in [0.5, 0.6) is 0 Å². The van der Waals surface area contributed by atoms with Crippen molar-refractivity contribution in [3.8, 4) is 0 Å². The van der Waals surface area contributed by atoms with Gasteiger partial charge in [0.25, 0.3) is 0 Å². The van der Waals surface area contributed by atoms with Gasteiger partial charge in [0.05, 0.1) is 11.6 Å². The van der Waals surface area contributed by atoms with Gasteiger partial charge in [-0.05, 0) is 26.0 Å². The molecule has 1 aromatic rings. The Balaban J connectivity index is 2.35. The third-order valence-electron chi connectivity index (χ3n) is 3.08. The fraction of sp³-hybridized carbons (Fsp3) is 0.545. The predicted molar refractivity (Wildman–Crippen MR) is 60.9 cm³/mol. The molecule has 2 heterocycles. The Labute approximate surface area is 98.1 Å². The van der Waals surface area contributed by atoms with Crippen molar-refractivity contribution in [2.75, 3.05) is 13.1 Å². The number of H-pyrrole nitrogens is 1. The molecule has 2 unspecified atom stereocenters. The first-order valence-corrected chi connectivity index (χ1v) is 5.59. The molecule has 2 atom stereocenters. The van der Waals surface area contributed by atoms with Gasteiger partial charge in [0.15, 0.2) is 0 Å². The number of nitrogens with one attached hydrogen (secondary N) is 2. The number of hydrogen-bond donors (Lipinski definition) is 3. The van der Waals surface area contributed by atoms with E-state index in [1.807, 2.05) is 0 Å². The highest BCUT2D eigenvalue weighted by Crippen LogP contribution is 2.28. The average Bonchev–Trinajstić information content (AvgIpc) is 2.27. The summed E-state index contributed by atoms with van der Waals surface area (Å²) in [6, 6.07) is 1.76. The maximum absolute atomic E-state index is 11.3. The van der Waals surface area contributed by atoms with Gasteiger partial charge in [-0.3, -0.25) is 4.79 Å². The molecule has 1 fully saturated rings. The standard InChI is InChI=1S/C11H15N3O3/c1-6-4-9(14-11(17)13-6)7-2-3-12-5-8(7)10(15)16/h4,7-8,12H,2-3,5H2,1H3,(H,15,16)(H,13,14,17). The van der Waals surface area contributed by atoms with Crippen LogP contribution >= 0.6 is 0 Å². The summed E-state index contributed by atoms with van der Waals surface area (Å²) in [7, 11) is 0. The smallest absolute Gasteiger partial charge is 0.345 e. The van der Waals surface area contributed by atoms with Crippen LogP contribution in [0.1, 0.15) is 23.7 Å². The minimum absolute atomic E-state index is 0.185. The summed E-state index contributed by atoms with van der Waals surface area (Å²) >= 11 is 0. The van der Waals surface area contributed by atoms with Crippen LogP contribution in [0.3, 0.4) is 0 Å². The van der Waals surface area contributed by atoms with Gasteiger partial charge in [-0.1, -0.05) is 0 Å². The van der Waals surface area contributed by atoms with Gasteiger partial charge >= 0.3 is 11.7 Å². The van der Waals surface area contributed by atoms with Crippen molar-refractivity contribution in [3.63, 3.8) is 0 Å². The molecule has 1 aromatic heterocycles. The van der Waals surface area contributed by atoms with Gasteiger partial charge in [-0.25, -0.2) is 4.79 Å². The predicted octanol–water partition coefficient (Wildman–Crippen LogP) is -0.144. The number of hydrogen-bond acceptors (Lipinski definition) is 4. The second-order valence-electron chi connectivity index (χ2n) is 4.34. The van der Waals surface area contributed by atoms with E-state index in [1.54, 1.807) is 13.0 Å². The van der Waals surface area contributed by atoms with Crippen LogP contribution in [0.2, 0.25) is 0 Å². The second-order valence-corrected chi connectivity index (χ2v) is 4.34. The summed E-state index contributed by atoms with van der Waals surface area (Å²) in [5.74, 6) is -1.55. The molecule has 1 aliphatic heterocycles. The van der Waals surface area contributed by atoms with E-state index in [4.69, 9.17) is 5.11 Å². The van der Waals surface area contributed by atoms with Crippen LogP contribution < -0.4 is 11.0 Å². The van der Waals surface area contributed by atoms with Crippen LogP contribution in [0, 0.1) is 12.8 Å². The van der Waals surface area contributed by atoms with Gasteiger partial charge in [0, 0.05) is 18.2 Å². The van der Waals surface area contributed by atoms with E-state index in [0.717, 1.165) is 6.54 Å². The van der Waals surface area contributed by atoms with E-state index in [-0.39, 0.29) is 5.92 Å². The van der Waals surface area contributed by atoms with Crippen molar-refractivity contribution in [1.29, 1.82) is 0 Å². The number of piperidine rings is 1. The van der Waals surface area contributed by atoms with Gasteiger partial charge in [-0.2, -0.15) is 4.98 Å². The number of rotatable bonds is 2. The number of carboxylic acid groups (broad SMARTS) is 1. The third kappa shape index (κ3) is 2.52. The Morgan fingerprint density at radius 2 is 2.35 bits per heavy atom. The van der Waals surface area contributed by atoms with E-state index in [9.17, 15) is 9.59 Å². The number of aromatic amines is 1. The fourth-order valence-corrected chi connectivity index (χ4v) is 2.27. The molecule has 0 saturated carbocycles. The van der Waals surface area contributed by atoms with Crippen LogP contribution in [-0.4, -0.2) is 34.1 Å². The van der Waals surface area contributed by atoms with Crippen molar-refractivity contribution >= 4 is 5.97 Å². The van der Waals surface area contributed by atoms with Crippen LogP contribution in [0.15, 0.2) is 10.9 Å². The summed E-state index contributed by atoms with van der Waals surface area (Å²) < 4.78 is 0. The molecule has 17 heavy (non-hydrogen) atoms. The summed E-state index contributed by atoms with van der Waals surface area (Å²) in [6.07, 6.45) is 0.687. The molecule has 0 bridgehead atoms. The summed E-state index contributed by atoms with van der Waals surface area (Å²) in [5, 5.41) is 12.2. The first-order chi connectivity index (χ1) is 8.08. The zero-order valence-electron chi connectivity index (χ0n) is 9.56. The van der Waals surface area contributed by atoms with Gasteiger partial charge in [-0.15, -0.1) is 0 Å². The van der Waals surface area contributed by atoms with Crippen LogP contribution in [0.25, 0.3) is 0 Å². The Morgan fingerprint density at radius 3 is 3.00 bits per heavy atom. The molecule has 2 rings (SSSR count). The molecule has 92 valence electrons. The lowest BCUT2D eigenvalue weighted by Crippen LogP contribution is -2.40. The minimum Gasteiger partial charge on any atom is -0.481 e. The van der Waals surface area contributed by atoms with Gasteiger partial charge in [0.1, 0.15) is 0 Å². The summed E-state index contributed by atoms with van der Waals surface area (Å²) in [6.45, 7) is 2.94. The topological polar surface area (TPSA) is 95.1 Å². The Kier molecular flexibility index (Phi) is 3.23. The van der Waals surface area contributed by atoms with Gasteiger partial charge in [0.2, 0.25) is 0 Å². The molecule has 0 spiro atoms. The van der Waals surface area contributed by atoms with E-state index in [2.05, 4.69) is 15.3 Å². The van der Waals surface area contributed by atoms with Crippen molar-refractivity contribution in [3.05, 3.63) is 27.9 Å². The Hall–Kier alpha value is -1.69. The first kappa shape index (κ1) is 11.8. The Bertz CT molecular complexity index is 483. The van der Waals surface area contributed by atoms with E-state index >= 15 is 0 Å². The van der Waals surface area contributed by atoms with Crippen molar-refractivity contribution in [2.24, 2.45) is 5.92 Å². The number of aryl methyl sites for hydroxylation is 1. The third-order valence-corrected chi connectivity index (χ3v) is 3.08. The minimum atomic E-state index is -0.845. The molecule has 6 heteroatoms. The zero-order chi connectivity index (χ0) is 12.4. The first-order valence-electron chi connectivity index (χ1n) is 5.59. The zero-order valence-corrected chi connectivity index (χ0v) is 9.56. The normalized spacial score (nSPS) is 24.5. The molecule has 0 aromatic carbocycles. The number of aliphatic carboxylic acids is 1. The van der Waals surface area contributed by atoms with Crippen LogP contribution in [-0.2, 0) is 4.79 Å². The molecule has 0 radical (unpaired) electrons. The largest absolute Gasteiger partial charge is 0.481 e. The number of carboxylic acids is 1. The Morgan fingerprint density at radius 1 is 1.59 bits per heavy atom. The molecule has 1 saturated heterocycles. The summed E-state index contributed by atoms with van der Waals surface area (Å²) in [4.78, 5) is 28.9. The highest BCUT2D eigenvalue weighted by molar-refractivity contribution is 5.71. The SMILES string of the molecule is Cc1cc(C2CCNCC2C(=O)O)nc(=O)[nH]1. The molecule has 6 nitrogen and oxygen atoms in total. The molecule has 0 amide bonds. The quantitative estimate of drug-likeness (QED) is 0.665. The van der Waals surface area contributed by atoms with E-state index in [0.29, 0.717) is 24.4 Å². The van der Waals surface area contributed by atoms with Crippen molar-refractivity contribution in [2.45, 2.75) is 19.3 Å². The fourth-order valence-electron chi connectivity index (χ4n) is 2.27. The lowest BCUT2D eigenvalue weighted by atomic mass is 9.84. The highest BCUT2D eigenvalue weighted by Gasteiger charge is 2.32. The highest BCUT2D eigenvalue weighted by atomic mass is 16.4. The molecular formula is C11H15N3O3. The maximum atomic E-state index is 11.3. The lowest BCUT2D eigenvalue weighted by Gasteiger charge is -2.28. The monoisotopic (exact) mass is 237 g/mol.